The van der Waals surface area contributed by atoms with Crippen molar-refractivity contribution in [1.29, 1.82) is 21.0 Å². The van der Waals surface area contributed by atoms with Crippen LogP contribution in [-0.4, -0.2) is 12.7 Å². The van der Waals surface area contributed by atoms with Crippen molar-refractivity contribution in [1.82, 2.24) is 0 Å². The Balaban J connectivity index is 1.60. The molecule has 48 heavy (non-hydrogen) atoms. The third-order valence-electron chi connectivity index (χ3n) is 7.66. The molecule has 4 aromatic carbocycles. The molecule has 0 unspecified atom stereocenters. The average molecular weight is 649 g/mol. The van der Waals surface area contributed by atoms with Gasteiger partial charge in [-0.25, -0.2) is 0 Å². The molecule has 0 fully saturated rings. The number of halogens is 6. The quantitative estimate of drug-likeness (QED) is 0.161. The number of nitriles is 4. The summed E-state index contributed by atoms with van der Waals surface area (Å²) in [6.07, 6.45) is -9.81. The van der Waals surface area contributed by atoms with Crippen molar-refractivity contribution in [3.05, 3.63) is 118 Å². The molecule has 232 valence electrons. The molecule has 0 aromatic heterocycles. The van der Waals surface area contributed by atoms with Crippen LogP contribution in [0.5, 0.6) is 11.5 Å². The van der Waals surface area contributed by atoms with Gasteiger partial charge in [0.25, 0.3) is 0 Å². The van der Waals surface area contributed by atoms with E-state index in [2.05, 4.69) is 9.47 Å². The van der Waals surface area contributed by atoms with Crippen molar-refractivity contribution in [3.63, 3.8) is 0 Å². The summed E-state index contributed by atoms with van der Waals surface area (Å²) in [5.74, 6) is -0.912. The first-order chi connectivity index (χ1) is 22.9. The lowest BCUT2D eigenvalue weighted by Crippen LogP contribution is -2.16. The molecule has 6 rings (SSSR count). The van der Waals surface area contributed by atoms with E-state index in [1.165, 1.54) is 24.3 Å². The average Bonchev–Trinajstić information content (AvgIpc) is 3.55. The number of hydrogen-bond acceptors (Lipinski definition) is 6. The molecule has 0 N–H and O–H groups in total. The molecule has 0 radical (unpaired) electrons. The van der Waals surface area contributed by atoms with E-state index >= 15 is 0 Å². The van der Waals surface area contributed by atoms with Crippen LogP contribution in [0.1, 0.15) is 22.3 Å². The van der Waals surface area contributed by atoms with E-state index < -0.39 is 24.2 Å². The van der Waals surface area contributed by atoms with Crippen molar-refractivity contribution in [2.45, 2.75) is 12.7 Å². The second-order valence-electron chi connectivity index (χ2n) is 10.3. The Morgan fingerprint density at radius 1 is 0.458 bits per heavy atom. The normalized spacial score (nSPS) is 13.0. The zero-order chi connectivity index (χ0) is 34.4. The van der Waals surface area contributed by atoms with Crippen LogP contribution in [-0.2, 0) is 0 Å². The molecule has 4 aromatic rings. The number of nitrogens with zero attached hydrogens (tertiary/aromatic N) is 4. The number of allylic oxidation sites excluding steroid dienone is 6. The smallest absolute Gasteiger partial charge is 0.406 e. The fourth-order valence-electron chi connectivity index (χ4n) is 6.03. The molecule has 0 aliphatic heterocycles. The van der Waals surface area contributed by atoms with Crippen LogP contribution in [0.2, 0.25) is 0 Å². The van der Waals surface area contributed by atoms with E-state index in [1.807, 2.05) is 24.3 Å². The lowest BCUT2D eigenvalue weighted by atomic mass is 9.83. The molecule has 0 spiro atoms. The molecule has 2 aliphatic rings. The number of rotatable bonds is 4. The van der Waals surface area contributed by atoms with E-state index in [9.17, 15) is 47.4 Å². The maximum Gasteiger partial charge on any atom is 0.573 e. The molecule has 2 aliphatic carbocycles. The third-order valence-corrected chi connectivity index (χ3v) is 7.66. The second-order valence-corrected chi connectivity index (χ2v) is 10.3. The summed E-state index contributed by atoms with van der Waals surface area (Å²) in [5, 5.41) is 40.4. The van der Waals surface area contributed by atoms with Gasteiger partial charge in [0.05, 0.1) is 0 Å². The van der Waals surface area contributed by atoms with Crippen LogP contribution in [0.3, 0.4) is 0 Å². The first-order valence-corrected chi connectivity index (χ1v) is 13.7. The maximum absolute atomic E-state index is 12.8. The predicted molar refractivity (Wildman–Crippen MR) is 160 cm³/mol. The highest BCUT2D eigenvalue weighted by molar-refractivity contribution is 6.39. The fraction of sp³-hybridized carbons (Fsp3) is 0.0556. The Morgan fingerprint density at radius 3 is 1.06 bits per heavy atom. The van der Waals surface area contributed by atoms with E-state index in [1.54, 1.807) is 36.4 Å². The summed E-state index contributed by atoms with van der Waals surface area (Å²) in [4.78, 5) is 0. The van der Waals surface area contributed by atoms with Gasteiger partial charge in [-0.1, -0.05) is 60.7 Å². The molecule has 0 atom stereocenters. The molecule has 0 saturated heterocycles. The molecule has 6 nitrogen and oxygen atoms in total. The van der Waals surface area contributed by atoms with Gasteiger partial charge in [-0.15, -0.1) is 26.3 Å². The Labute approximate surface area is 268 Å². The molecule has 0 amide bonds. The maximum atomic E-state index is 12.8. The number of fused-ring (bicyclic) bond motifs is 4. The minimum atomic E-state index is -4.91. The summed E-state index contributed by atoms with van der Waals surface area (Å²) in [5.41, 5.74) is 3.97. The minimum absolute atomic E-state index is 0.189. The topological polar surface area (TPSA) is 114 Å². The van der Waals surface area contributed by atoms with Crippen LogP contribution in [0.15, 0.2) is 96.1 Å². The third kappa shape index (κ3) is 5.38. The van der Waals surface area contributed by atoms with Gasteiger partial charge in [-0.05, 0) is 57.6 Å². The molecular formula is C36H14F6N4O2. The van der Waals surface area contributed by atoms with E-state index in [0.29, 0.717) is 55.7 Å². The van der Waals surface area contributed by atoms with Crippen molar-refractivity contribution < 1.29 is 35.8 Å². The predicted octanol–water partition coefficient (Wildman–Crippen LogP) is 9.36. The number of ether oxygens (including phenoxy) is 2. The molecule has 0 heterocycles. The molecular weight excluding hydrogens is 634 g/mol. The largest absolute Gasteiger partial charge is 0.573 e. The van der Waals surface area contributed by atoms with Gasteiger partial charge in [-0.3, -0.25) is 0 Å². The van der Waals surface area contributed by atoms with Crippen LogP contribution in [0, 0.1) is 45.3 Å². The van der Waals surface area contributed by atoms with Gasteiger partial charge in [0, 0.05) is 33.4 Å². The number of alkyl halides is 6. The highest BCUT2D eigenvalue weighted by Crippen LogP contribution is 2.62. The minimum Gasteiger partial charge on any atom is -0.406 e. The van der Waals surface area contributed by atoms with Gasteiger partial charge in [0.2, 0.25) is 0 Å². The van der Waals surface area contributed by atoms with Crippen molar-refractivity contribution in [2.24, 2.45) is 0 Å². The van der Waals surface area contributed by atoms with Gasteiger partial charge in [0.15, 0.2) is 0 Å². The van der Waals surface area contributed by atoms with Gasteiger partial charge in [-0.2, -0.15) is 21.0 Å². The Kier molecular flexibility index (Phi) is 7.52. The molecule has 0 saturated carbocycles. The Hall–Kier alpha value is -6.76. The number of hydrogen-bond donors (Lipinski definition) is 0. The summed E-state index contributed by atoms with van der Waals surface area (Å²) >= 11 is 0. The second kappa shape index (κ2) is 11.6. The van der Waals surface area contributed by atoms with Gasteiger partial charge in [0.1, 0.15) is 46.9 Å². The van der Waals surface area contributed by atoms with Crippen LogP contribution in [0.4, 0.5) is 26.3 Å². The molecule has 12 heteroatoms. The summed E-state index contributed by atoms with van der Waals surface area (Å²) in [7, 11) is 0. The lowest BCUT2D eigenvalue weighted by molar-refractivity contribution is -0.275. The van der Waals surface area contributed by atoms with E-state index in [-0.39, 0.29) is 22.3 Å². The lowest BCUT2D eigenvalue weighted by Gasteiger charge is -2.19. The highest BCUT2D eigenvalue weighted by Gasteiger charge is 2.42. The monoisotopic (exact) mass is 648 g/mol. The first kappa shape index (κ1) is 31.2. The van der Waals surface area contributed by atoms with Crippen molar-refractivity contribution >= 4 is 22.3 Å². The van der Waals surface area contributed by atoms with Crippen LogP contribution >= 0.6 is 0 Å². The van der Waals surface area contributed by atoms with E-state index in [4.69, 9.17) is 0 Å². The zero-order valence-electron chi connectivity index (χ0n) is 24.0. The highest BCUT2D eigenvalue weighted by atomic mass is 19.4. The van der Waals surface area contributed by atoms with E-state index in [0.717, 1.165) is 24.3 Å². The molecule has 0 bridgehead atoms. The van der Waals surface area contributed by atoms with Crippen molar-refractivity contribution in [3.8, 4) is 58.0 Å². The Bertz CT molecular complexity index is 2090. The Morgan fingerprint density at radius 2 is 0.771 bits per heavy atom. The summed E-state index contributed by atoms with van der Waals surface area (Å²) < 4.78 is 84.8. The SMILES string of the molecule is N#CC(C#N)=C1C2=C(C(=C(C#N)C#N)c3c2cccc3-c2ccc(OC(F)(F)F)cc2)c2cccc(-c3ccc(OC(F)(F)F)cc3)c21. The first-order valence-electron chi connectivity index (χ1n) is 13.7. The van der Waals surface area contributed by atoms with Crippen LogP contribution < -0.4 is 9.47 Å². The summed E-state index contributed by atoms with van der Waals surface area (Å²) in [6.45, 7) is 0. The van der Waals surface area contributed by atoms with Crippen molar-refractivity contribution in [2.75, 3.05) is 0 Å². The standard InChI is InChI=1S/C36H14F6N4O2/c37-35(38,39)47-23-11-7-19(8-12-23)25-3-1-5-27-31(25)29(21(15-43)16-44)34-28-6-2-4-26(32(28)30(33(27)34)22(17-45)18-46)20-9-13-24(14-10-20)48-36(40,41)42/h1-14H. The van der Waals surface area contributed by atoms with Gasteiger partial charge >= 0.3 is 12.7 Å². The fourth-order valence-corrected chi connectivity index (χ4v) is 6.03. The zero-order valence-corrected chi connectivity index (χ0v) is 24.0. The van der Waals surface area contributed by atoms with Crippen LogP contribution in [0.25, 0.3) is 44.5 Å². The van der Waals surface area contributed by atoms with Gasteiger partial charge < -0.3 is 9.47 Å². The summed E-state index contributed by atoms with van der Waals surface area (Å²) in [6, 6.07) is 27.7. The number of benzene rings is 4.